The third-order valence-electron chi connectivity index (χ3n) is 4.49. The average molecular weight is 381 g/mol. The number of aliphatic hydroxyl groups excluding tert-OH is 1. The molecule has 146 valence electrons. The molecule has 0 saturated heterocycles. The Labute approximate surface area is 162 Å². The first-order valence-electron chi connectivity index (χ1n) is 8.97. The predicted octanol–water partition coefficient (Wildman–Crippen LogP) is 1.89. The van der Waals surface area contributed by atoms with Crippen molar-refractivity contribution in [2.75, 3.05) is 6.61 Å². The van der Waals surface area contributed by atoms with Gasteiger partial charge in [0.1, 0.15) is 6.10 Å². The maximum atomic E-state index is 12.3. The number of aromatic amines is 1. The van der Waals surface area contributed by atoms with E-state index in [2.05, 4.69) is 10.3 Å². The summed E-state index contributed by atoms with van der Waals surface area (Å²) in [4.78, 5) is 27.0. The van der Waals surface area contributed by atoms with Gasteiger partial charge >= 0.3 is 6.09 Å². The molecule has 0 radical (unpaired) electrons. The van der Waals surface area contributed by atoms with Crippen molar-refractivity contribution in [3.8, 4) is 0 Å². The number of nitrogens with one attached hydrogen (secondary N) is 2. The zero-order valence-corrected chi connectivity index (χ0v) is 15.3. The quantitative estimate of drug-likeness (QED) is 0.351. The predicted molar refractivity (Wildman–Crippen MR) is 106 cm³/mol. The lowest BCUT2D eigenvalue weighted by Crippen LogP contribution is -2.59. The van der Waals surface area contributed by atoms with E-state index in [1.165, 1.54) is 0 Å². The number of aromatic nitrogens is 1. The summed E-state index contributed by atoms with van der Waals surface area (Å²) >= 11 is 0. The Balaban J connectivity index is 1.65. The van der Waals surface area contributed by atoms with Crippen LogP contribution >= 0.6 is 0 Å². The van der Waals surface area contributed by atoms with E-state index < -0.39 is 17.9 Å². The van der Waals surface area contributed by atoms with E-state index in [9.17, 15) is 14.7 Å². The molecule has 5 N–H and O–H groups in total. The number of carbonyl (C=O) groups is 2. The van der Waals surface area contributed by atoms with E-state index in [1.807, 2.05) is 54.6 Å². The van der Waals surface area contributed by atoms with Gasteiger partial charge in [0.25, 0.3) is 0 Å². The molecule has 3 rings (SSSR count). The number of H-pyrrole nitrogens is 1. The Morgan fingerprint density at radius 1 is 1.21 bits per heavy atom. The van der Waals surface area contributed by atoms with Crippen molar-refractivity contribution in [3.63, 3.8) is 0 Å². The Morgan fingerprint density at radius 2 is 1.93 bits per heavy atom. The second-order valence-corrected chi connectivity index (χ2v) is 6.72. The molecular formula is C21H23N3O4. The number of aliphatic hydroxyl groups is 1. The minimum Gasteiger partial charge on any atom is -0.443 e. The molecule has 0 spiro atoms. The van der Waals surface area contributed by atoms with Gasteiger partial charge in [0.15, 0.2) is 11.9 Å². The highest BCUT2D eigenvalue weighted by Gasteiger charge is 2.30. The van der Waals surface area contributed by atoms with E-state index in [-0.39, 0.29) is 13.0 Å². The number of amides is 1. The van der Waals surface area contributed by atoms with Crippen molar-refractivity contribution in [1.29, 1.82) is 0 Å². The van der Waals surface area contributed by atoms with Gasteiger partial charge in [0, 0.05) is 29.9 Å². The number of carbonyl (C=O) groups excluding carboxylic acids is 2. The molecule has 1 aromatic heterocycles. The van der Waals surface area contributed by atoms with Gasteiger partial charge in [0.05, 0.1) is 6.61 Å². The molecule has 2 unspecified atom stereocenters. The number of para-hydroxylation sites is 1. The Kier molecular flexibility index (Phi) is 6.08. The summed E-state index contributed by atoms with van der Waals surface area (Å²) in [6.45, 7) is -0.344. The first-order valence-corrected chi connectivity index (χ1v) is 8.97. The van der Waals surface area contributed by atoms with Crippen LogP contribution in [0.2, 0.25) is 0 Å². The fraction of sp³-hybridized carbons (Fsp3) is 0.238. The van der Waals surface area contributed by atoms with Gasteiger partial charge in [-0.15, -0.1) is 0 Å². The zero-order chi connectivity index (χ0) is 20.0. The van der Waals surface area contributed by atoms with Gasteiger partial charge in [-0.1, -0.05) is 48.5 Å². The fourth-order valence-corrected chi connectivity index (χ4v) is 3.10. The van der Waals surface area contributed by atoms with Crippen LogP contribution in [0.25, 0.3) is 10.9 Å². The number of hydrogen-bond acceptors (Lipinski definition) is 5. The number of benzene rings is 2. The summed E-state index contributed by atoms with van der Waals surface area (Å²) in [6.07, 6.45) is 1.09. The summed E-state index contributed by atoms with van der Waals surface area (Å²) in [5, 5.41) is 12.9. The molecule has 0 aliphatic rings. The molecule has 7 nitrogen and oxygen atoms in total. The van der Waals surface area contributed by atoms with Crippen LogP contribution in [-0.4, -0.2) is 40.8 Å². The molecule has 0 saturated carbocycles. The van der Waals surface area contributed by atoms with E-state index in [0.717, 1.165) is 22.0 Å². The number of aldehydes is 1. The second-order valence-electron chi connectivity index (χ2n) is 6.72. The highest BCUT2D eigenvalue weighted by atomic mass is 16.6. The van der Waals surface area contributed by atoms with Crippen LogP contribution in [0.4, 0.5) is 4.79 Å². The van der Waals surface area contributed by atoms with Crippen molar-refractivity contribution in [3.05, 3.63) is 71.9 Å². The summed E-state index contributed by atoms with van der Waals surface area (Å²) in [7, 11) is 0. The van der Waals surface area contributed by atoms with Gasteiger partial charge < -0.3 is 20.6 Å². The summed E-state index contributed by atoms with van der Waals surface area (Å²) in [6, 6.07) is 17.0. The third kappa shape index (κ3) is 4.76. The molecule has 1 amide bonds. The fourth-order valence-electron chi connectivity index (χ4n) is 3.10. The highest BCUT2D eigenvalue weighted by Crippen LogP contribution is 2.20. The highest BCUT2D eigenvalue weighted by molar-refractivity contribution is 5.84. The number of rotatable bonds is 8. The van der Waals surface area contributed by atoms with Gasteiger partial charge in [0.2, 0.25) is 0 Å². The van der Waals surface area contributed by atoms with Crippen LogP contribution in [0.5, 0.6) is 0 Å². The smallest absolute Gasteiger partial charge is 0.409 e. The number of hydrogen-bond donors (Lipinski definition) is 4. The maximum absolute atomic E-state index is 12.3. The van der Waals surface area contributed by atoms with Crippen molar-refractivity contribution >= 4 is 23.3 Å². The minimum absolute atomic E-state index is 0.0953. The van der Waals surface area contributed by atoms with E-state index >= 15 is 0 Å². The monoisotopic (exact) mass is 381 g/mol. The van der Waals surface area contributed by atoms with Crippen LogP contribution in [-0.2, 0) is 22.4 Å². The summed E-state index contributed by atoms with van der Waals surface area (Å²) < 4.78 is 5.26. The lowest BCUT2D eigenvalue weighted by Gasteiger charge is -2.25. The summed E-state index contributed by atoms with van der Waals surface area (Å²) in [5.41, 5.74) is 7.10. The third-order valence-corrected chi connectivity index (χ3v) is 4.49. The molecule has 2 atom stereocenters. The molecule has 3 aromatic rings. The van der Waals surface area contributed by atoms with Crippen molar-refractivity contribution in [2.24, 2.45) is 5.73 Å². The van der Waals surface area contributed by atoms with Crippen LogP contribution in [0, 0.1) is 0 Å². The van der Waals surface area contributed by atoms with Crippen LogP contribution in [0.3, 0.4) is 0 Å². The van der Waals surface area contributed by atoms with Gasteiger partial charge in [-0.25, -0.2) is 4.79 Å². The molecule has 1 heterocycles. The van der Waals surface area contributed by atoms with E-state index in [4.69, 9.17) is 10.5 Å². The normalized spacial score (nSPS) is 14.2. The standard InChI is InChI=1S/C21H23N3O4/c22-21(14-26,11-16-12-23-19-9-5-4-8-18(16)19)24-20(27)28-17(13-25)10-15-6-2-1-3-7-15/h1-9,12,14,17,23,25H,10-11,13,22H2,(H,24,27). The molecule has 2 aromatic carbocycles. The molecular weight excluding hydrogens is 358 g/mol. The topological polar surface area (TPSA) is 117 Å². The molecule has 0 bridgehead atoms. The Hall–Kier alpha value is -3.16. The van der Waals surface area contributed by atoms with Crippen LogP contribution < -0.4 is 11.1 Å². The Bertz CT molecular complexity index is 941. The average Bonchev–Trinajstić information content (AvgIpc) is 3.10. The lowest BCUT2D eigenvalue weighted by molar-refractivity contribution is -0.113. The molecule has 28 heavy (non-hydrogen) atoms. The minimum atomic E-state index is -1.63. The second kappa shape index (κ2) is 8.69. The largest absolute Gasteiger partial charge is 0.443 e. The molecule has 0 aliphatic heterocycles. The number of alkyl carbamates (subject to hydrolysis) is 1. The van der Waals surface area contributed by atoms with Gasteiger partial charge in [-0.3, -0.25) is 10.1 Å². The zero-order valence-electron chi connectivity index (χ0n) is 15.3. The number of fused-ring (bicyclic) bond motifs is 1. The van der Waals surface area contributed by atoms with Crippen molar-refractivity contribution in [2.45, 2.75) is 24.6 Å². The van der Waals surface area contributed by atoms with Gasteiger partial charge in [-0.2, -0.15) is 0 Å². The van der Waals surface area contributed by atoms with Crippen LogP contribution in [0.15, 0.2) is 60.8 Å². The first-order chi connectivity index (χ1) is 13.5. The van der Waals surface area contributed by atoms with Gasteiger partial charge in [-0.05, 0) is 17.2 Å². The SMILES string of the molecule is NC(C=O)(Cc1c[nH]c2ccccc12)NC(=O)OC(CO)Cc1ccccc1. The van der Waals surface area contributed by atoms with E-state index in [0.29, 0.717) is 12.7 Å². The van der Waals surface area contributed by atoms with E-state index in [1.54, 1.807) is 6.20 Å². The molecule has 7 heteroatoms. The van der Waals surface area contributed by atoms with Crippen LogP contribution in [0.1, 0.15) is 11.1 Å². The maximum Gasteiger partial charge on any atom is 0.409 e. The first kappa shape index (κ1) is 19.6. The molecule has 0 aliphatic carbocycles. The lowest BCUT2D eigenvalue weighted by atomic mass is 10.0. The number of nitrogens with two attached hydrogens (primary N) is 1. The molecule has 0 fully saturated rings. The van der Waals surface area contributed by atoms with Crippen molar-refractivity contribution < 1.29 is 19.4 Å². The number of ether oxygens (including phenoxy) is 1. The summed E-state index contributed by atoms with van der Waals surface area (Å²) in [5.74, 6) is 0. The van der Waals surface area contributed by atoms with Crippen molar-refractivity contribution in [1.82, 2.24) is 10.3 Å². The Morgan fingerprint density at radius 3 is 2.64 bits per heavy atom.